The van der Waals surface area contributed by atoms with Crippen LogP contribution in [0, 0.1) is 0 Å². The highest BCUT2D eigenvalue weighted by atomic mass is 35.5. The van der Waals surface area contributed by atoms with Crippen molar-refractivity contribution < 1.29 is 9.59 Å². The third-order valence-electron chi connectivity index (χ3n) is 3.02. The fraction of sp³-hybridized carbons (Fsp3) is 0.800. The van der Waals surface area contributed by atoms with Gasteiger partial charge >= 0.3 is 0 Å². The van der Waals surface area contributed by atoms with Gasteiger partial charge in [-0.05, 0) is 19.3 Å². The minimum atomic E-state index is 0. The molecule has 0 saturated carbocycles. The summed E-state index contributed by atoms with van der Waals surface area (Å²) in [6.07, 6.45) is 4.17. The number of hydrogen-bond acceptors (Lipinski definition) is 2. The minimum Gasteiger partial charge on any atom is -0.356 e. The molecule has 0 spiro atoms. The smallest absolute Gasteiger partial charge is 0.222 e. The summed E-state index contributed by atoms with van der Waals surface area (Å²) in [5.41, 5.74) is 0. The van der Waals surface area contributed by atoms with Gasteiger partial charge in [-0.15, -0.1) is 12.4 Å². The molecule has 1 unspecified atom stereocenters. The molecule has 2 aliphatic rings. The third-order valence-corrected chi connectivity index (χ3v) is 3.02. The van der Waals surface area contributed by atoms with Crippen molar-refractivity contribution in [3.8, 4) is 0 Å². The molecule has 0 radical (unpaired) electrons. The zero-order valence-corrected chi connectivity index (χ0v) is 9.52. The first-order valence-electron chi connectivity index (χ1n) is 5.33. The summed E-state index contributed by atoms with van der Waals surface area (Å²) >= 11 is 0. The van der Waals surface area contributed by atoms with Crippen LogP contribution in [-0.2, 0) is 9.59 Å². The number of carbonyl (C=O) groups is 2. The molecule has 0 aliphatic carbocycles. The predicted octanol–water partition coefficient (Wildman–Crippen LogP) is 0.699. The van der Waals surface area contributed by atoms with E-state index in [-0.39, 0.29) is 30.3 Å². The van der Waals surface area contributed by atoms with E-state index >= 15 is 0 Å². The summed E-state index contributed by atoms with van der Waals surface area (Å²) in [4.78, 5) is 24.7. The summed E-state index contributed by atoms with van der Waals surface area (Å²) in [7, 11) is 0. The zero-order chi connectivity index (χ0) is 9.97. The van der Waals surface area contributed by atoms with Crippen molar-refractivity contribution in [1.29, 1.82) is 0 Å². The molecular weight excluding hydrogens is 216 g/mol. The van der Waals surface area contributed by atoms with Crippen LogP contribution in [0.2, 0.25) is 0 Å². The SMILES string of the molecule is Cl.O=C1CC(N2CCCCC2=O)CCN1. The molecule has 2 fully saturated rings. The maximum atomic E-state index is 11.6. The lowest BCUT2D eigenvalue weighted by Crippen LogP contribution is -2.49. The largest absolute Gasteiger partial charge is 0.356 e. The lowest BCUT2D eigenvalue weighted by Gasteiger charge is -2.36. The Balaban J connectivity index is 0.00000112. The molecule has 0 bridgehead atoms. The van der Waals surface area contributed by atoms with Gasteiger partial charge in [0.15, 0.2) is 0 Å². The van der Waals surface area contributed by atoms with Gasteiger partial charge in [-0.3, -0.25) is 9.59 Å². The summed E-state index contributed by atoms with van der Waals surface area (Å²) in [5.74, 6) is 0.315. The average Bonchev–Trinajstić information content (AvgIpc) is 2.18. The van der Waals surface area contributed by atoms with Gasteiger partial charge in [0, 0.05) is 32.0 Å². The molecule has 0 aromatic rings. The lowest BCUT2D eigenvalue weighted by atomic mass is 10.0. The molecule has 0 aromatic carbocycles. The number of nitrogens with one attached hydrogen (secondary N) is 1. The van der Waals surface area contributed by atoms with Crippen molar-refractivity contribution in [2.75, 3.05) is 13.1 Å². The summed E-state index contributed by atoms with van der Waals surface area (Å²) in [5, 5.41) is 2.79. The first-order valence-corrected chi connectivity index (χ1v) is 5.33. The van der Waals surface area contributed by atoms with Crippen molar-refractivity contribution in [2.45, 2.75) is 38.1 Å². The number of nitrogens with zero attached hydrogens (tertiary/aromatic N) is 1. The molecule has 1 atom stereocenters. The van der Waals surface area contributed by atoms with Crippen LogP contribution < -0.4 is 5.32 Å². The van der Waals surface area contributed by atoms with Crippen LogP contribution in [0.3, 0.4) is 0 Å². The van der Waals surface area contributed by atoms with E-state index in [4.69, 9.17) is 0 Å². The van der Waals surface area contributed by atoms with Gasteiger partial charge in [0.1, 0.15) is 0 Å². The molecule has 2 amide bonds. The topological polar surface area (TPSA) is 49.4 Å². The zero-order valence-electron chi connectivity index (χ0n) is 8.70. The van der Waals surface area contributed by atoms with E-state index in [9.17, 15) is 9.59 Å². The number of amides is 2. The molecule has 15 heavy (non-hydrogen) atoms. The second kappa shape index (κ2) is 5.35. The Kier molecular flexibility index (Phi) is 4.39. The fourth-order valence-corrected chi connectivity index (χ4v) is 2.25. The Morgan fingerprint density at radius 2 is 2.07 bits per heavy atom. The Hall–Kier alpha value is -0.770. The van der Waals surface area contributed by atoms with Gasteiger partial charge in [0.25, 0.3) is 0 Å². The minimum absolute atomic E-state index is 0. The first kappa shape index (κ1) is 12.3. The van der Waals surface area contributed by atoms with E-state index < -0.39 is 0 Å². The Bertz CT molecular complexity index is 258. The maximum Gasteiger partial charge on any atom is 0.222 e. The monoisotopic (exact) mass is 232 g/mol. The molecule has 2 heterocycles. The second-order valence-electron chi connectivity index (χ2n) is 4.04. The van der Waals surface area contributed by atoms with Crippen molar-refractivity contribution in [3.05, 3.63) is 0 Å². The molecular formula is C10H17ClN2O2. The van der Waals surface area contributed by atoms with E-state index in [0.717, 1.165) is 25.8 Å². The van der Waals surface area contributed by atoms with Crippen molar-refractivity contribution in [2.24, 2.45) is 0 Å². The van der Waals surface area contributed by atoms with Gasteiger partial charge in [0.2, 0.25) is 11.8 Å². The highest BCUT2D eigenvalue weighted by Crippen LogP contribution is 2.19. The highest BCUT2D eigenvalue weighted by Gasteiger charge is 2.29. The van der Waals surface area contributed by atoms with Gasteiger partial charge in [0.05, 0.1) is 0 Å². The van der Waals surface area contributed by atoms with Crippen molar-refractivity contribution in [3.63, 3.8) is 0 Å². The molecule has 2 saturated heterocycles. The predicted molar refractivity (Wildman–Crippen MR) is 58.8 cm³/mol. The standard InChI is InChI=1S/C10H16N2O2.ClH/c13-9-7-8(4-5-11-9)12-6-2-1-3-10(12)14;/h8H,1-7H2,(H,11,13);1H. The highest BCUT2D eigenvalue weighted by molar-refractivity contribution is 5.85. The van der Waals surface area contributed by atoms with Gasteiger partial charge < -0.3 is 10.2 Å². The lowest BCUT2D eigenvalue weighted by molar-refractivity contribution is -0.138. The Labute approximate surface area is 95.8 Å². The summed E-state index contributed by atoms with van der Waals surface area (Å²) in [6, 6.07) is 0.163. The van der Waals surface area contributed by atoms with E-state index in [0.29, 0.717) is 19.4 Å². The number of carbonyl (C=O) groups excluding carboxylic acids is 2. The molecule has 5 heteroatoms. The molecule has 0 aromatic heterocycles. The number of hydrogen-bond donors (Lipinski definition) is 1. The van der Waals surface area contributed by atoms with Crippen LogP contribution in [0.25, 0.3) is 0 Å². The average molecular weight is 233 g/mol. The van der Waals surface area contributed by atoms with Crippen LogP contribution in [0.15, 0.2) is 0 Å². The van der Waals surface area contributed by atoms with Crippen LogP contribution in [0.1, 0.15) is 32.1 Å². The first-order chi connectivity index (χ1) is 6.77. The van der Waals surface area contributed by atoms with Crippen molar-refractivity contribution >= 4 is 24.2 Å². The molecule has 4 nitrogen and oxygen atoms in total. The molecule has 86 valence electrons. The van der Waals surface area contributed by atoms with Gasteiger partial charge in [-0.25, -0.2) is 0 Å². The fourth-order valence-electron chi connectivity index (χ4n) is 2.25. The van der Waals surface area contributed by atoms with Crippen LogP contribution >= 0.6 is 12.4 Å². The number of piperidine rings is 2. The van der Waals surface area contributed by atoms with Crippen LogP contribution in [0.5, 0.6) is 0 Å². The normalized spacial score (nSPS) is 26.9. The van der Waals surface area contributed by atoms with Gasteiger partial charge in [-0.2, -0.15) is 0 Å². The molecule has 2 rings (SSSR count). The number of likely N-dealkylation sites (tertiary alicyclic amines) is 1. The third kappa shape index (κ3) is 2.84. The van der Waals surface area contributed by atoms with Crippen molar-refractivity contribution in [1.82, 2.24) is 10.2 Å². The molecule has 1 N–H and O–H groups in total. The van der Waals surface area contributed by atoms with E-state index in [2.05, 4.69) is 5.32 Å². The quantitative estimate of drug-likeness (QED) is 0.724. The summed E-state index contributed by atoms with van der Waals surface area (Å²) in [6.45, 7) is 1.56. The Morgan fingerprint density at radius 1 is 1.27 bits per heavy atom. The summed E-state index contributed by atoms with van der Waals surface area (Å²) < 4.78 is 0. The maximum absolute atomic E-state index is 11.6. The van der Waals surface area contributed by atoms with E-state index in [1.165, 1.54) is 0 Å². The Morgan fingerprint density at radius 3 is 2.73 bits per heavy atom. The number of halogens is 1. The van der Waals surface area contributed by atoms with Crippen LogP contribution in [0.4, 0.5) is 0 Å². The van der Waals surface area contributed by atoms with Gasteiger partial charge in [-0.1, -0.05) is 0 Å². The number of rotatable bonds is 1. The second-order valence-corrected chi connectivity index (χ2v) is 4.04. The van der Waals surface area contributed by atoms with Crippen LogP contribution in [-0.4, -0.2) is 35.8 Å². The van der Waals surface area contributed by atoms with E-state index in [1.807, 2.05) is 4.90 Å². The molecule has 2 aliphatic heterocycles. The van der Waals surface area contributed by atoms with E-state index in [1.54, 1.807) is 0 Å².